The molecule has 3 rings (SSSR count). The average molecular weight is 325 g/mol. The van der Waals surface area contributed by atoms with E-state index in [4.69, 9.17) is 5.73 Å². The van der Waals surface area contributed by atoms with Gasteiger partial charge >= 0.3 is 0 Å². The number of aliphatic hydroxyl groups excluding tert-OH is 1. The predicted molar refractivity (Wildman–Crippen MR) is 94.2 cm³/mol. The first-order chi connectivity index (χ1) is 11.6. The van der Waals surface area contributed by atoms with Crippen molar-refractivity contribution in [2.75, 3.05) is 5.32 Å². The number of hydrogen-bond acceptors (Lipinski definition) is 4. The standard InChI is InChI=1S/C19H23N3O2/c1-12-3-2-4-16(20)18-10-14(7-8-21-18)15-6-5-13(11-23)9-17(15)22-19(12)24/h5-10,12,16,23H,2-4,11,20H2,1H3,(H,22,24)/t12-,16+/m1/s1. The van der Waals surface area contributed by atoms with E-state index in [0.29, 0.717) is 5.69 Å². The van der Waals surface area contributed by atoms with Gasteiger partial charge in [-0.25, -0.2) is 0 Å². The van der Waals surface area contributed by atoms with Crippen LogP contribution in [0.3, 0.4) is 0 Å². The lowest BCUT2D eigenvalue weighted by Crippen LogP contribution is -2.22. The van der Waals surface area contributed by atoms with E-state index in [2.05, 4.69) is 10.3 Å². The Morgan fingerprint density at radius 2 is 2.12 bits per heavy atom. The fraction of sp³-hybridized carbons (Fsp3) is 0.368. The Morgan fingerprint density at radius 1 is 1.29 bits per heavy atom. The Kier molecular flexibility index (Phi) is 4.92. The van der Waals surface area contributed by atoms with Gasteiger partial charge in [-0.2, -0.15) is 0 Å². The molecule has 24 heavy (non-hydrogen) atoms. The van der Waals surface area contributed by atoms with E-state index >= 15 is 0 Å². The van der Waals surface area contributed by atoms with Gasteiger partial charge in [-0.1, -0.05) is 25.5 Å². The van der Waals surface area contributed by atoms with Gasteiger partial charge in [0.1, 0.15) is 0 Å². The maximum atomic E-state index is 12.5. The number of pyridine rings is 1. The van der Waals surface area contributed by atoms with Crippen LogP contribution >= 0.6 is 0 Å². The lowest BCUT2D eigenvalue weighted by molar-refractivity contribution is -0.119. The number of aromatic nitrogens is 1. The number of aliphatic hydroxyl groups is 1. The van der Waals surface area contributed by atoms with Gasteiger partial charge in [0.25, 0.3) is 0 Å². The van der Waals surface area contributed by atoms with Crippen LogP contribution in [-0.2, 0) is 11.4 Å². The van der Waals surface area contributed by atoms with Crippen LogP contribution in [0.1, 0.15) is 43.5 Å². The van der Waals surface area contributed by atoms with Crippen molar-refractivity contribution in [2.45, 2.75) is 38.8 Å². The van der Waals surface area contributed by atoms with Crippen LogP contribution in [0.4, 0.5) is 5.69 Å². The van der Waals surface area contributed by atoms with Gasteiger partial charge in [0.2, 0.25) is 5.91 Å². The van der Waals surface area contributed by atoms with E-state index in [1.54, 1.807) is 6.20 Å². The maximum absolute atomic E-state index is 12.5. The average Bonchev–Trinajstić information content (AvgIpc) is 2.60. The second-order valence-electron chi connectivity index (χ2n) is 6.44. The molecule has 0 radical (unpaired) electrons. The number of hydrogen-bond donors (Lipinski definition) is 3. The summed E-state index contributed by atoms with van der Waals surface area (Å²) in [5.41, 5.74) is 10.5. The number of nitrogens with zero attached hydrogens (tertiary/aromatic N) is 1. The van der Waals surface area contributed by atoms with Crippen LogP contribution in [0.25, 0.3) is 11.1 Å². The topological polar surface area (TPSA) is 88.2 Å². The van der Waals surface area contributed by atoms with Gasteiger partial charge in [-0.15, -0.1) is 0 Å². The number of rotatable bonds is 1. The van der Waals surface area contributed by atoms with E-state index < -0.39 is 0 Å². The van der Waals surface area contributed by atoms with Crippen molar-refractivity contribution in [1.82, 2.24) is 4.98 Å². The molecule has 1 aromatic carbocycles. The molecule has 1 amide bonds. The molecule has 126 valence electrons. The molecule has 1 aliphatic heterocycles. The molecule has 2 atom stereocenters. The Balaban J connectivity index is 2.12. The SMILES string of the molecule is C[C@@H]1CCC[C@H](N)c2cc(ccn2)-c2ccc(CO)cc2NC1=O. The van der Waals surface area contributed by atoms with Gasteiger partial charge in [0.15, 0.2) is 0 Å². The van der Waals surface area contributed by atoms with Crippen LogP contribution in [0, 0.1) is 5.92 Å². The van der Waals surface area contributed by atoms with E-state index in [1.165, 1.54) is 0 Å². The van der Waals surface area contributed by atoms with Crippen molar-refractivity contribution in [2.24, 2.45) is 11.7 Å². The lowest BCUT2D eigenvalue weighted by atomic mass is 9.95. The summed E-state index contributed by atoms with van der Waals surface area (Å²) < 4.78 is 0. The molecule has 0 aliphatic carbocycles. The summed E-state index contributed by atoms with van der Waals surface area (Å²) in [5, 5.41) is 12.4. The quantitative estimate of drug-likeness (QED) is 0.752. The number of benzene rings is 1. The molecule has 2 heterocycles. The van der Waals surface area contributed by atoms with E-state index in [0.717, 1.165) is 41.6 Å². The first-order valence-corrected chi connectivity index (χ1v) is 8.35. The zero-order valence-corrected chi connectivity index (χ0v) is 13.8. The highest BCUT2D eigenvalue weighted by atomic mass is 16.3. The summed E-state index contributed by atoms with van der Waals surface area (Å²) in [7, 11) is 0. The molecule has 4 N–H and O–H groups in total. The monoisotopic (exact) mass is 325 g/mol. The molecule has 5 nitrogen and oxygen atoms in total. The third-order valence-electron chi connectivity index (χ3n) is 4.60. The lowest BCUT2D eigenvalue weighted by Gasteiger charge is -2.19. The molecular formula is C19H23N3O2. The molecule has 1 aliphatic rings. The molecular weight excluding hydrogens is 302 g/mol. The van der Waals surface area contributed by atoms with Crippen molar-refractivity contribution >= 4 is 11.6 Å². The number of fused-ring (bicyclic) bond motifs is 4. The van der Waals surface area contributed by atoms with E-state index in [-0.39, 0.29) is 24.5 Å². The fourth-order valence-electron chi connectivity index (χ4n) is 3.04. The second-order valence-corrected chi connectivity index (χ2v) is 6.44. The van der Waals surface area contributed by atoms with Gasteiger partial charge in [0.05, 0.1) is 12.3 Å². The summed E-state index contributed by atoms with van der Waals surface area (Å²) in [6.07, 6.45) is 4.23. The van der Waals surface area contributed by atoms with E-state index in [9.17, 15) is 9.90 Å². The van der Waals surface area contributed by atoms with Crippen LogP contribution in [0.15, 0.2) is 36.5 Å². The summed E-state index contributed by atoms with van der Waals surface area (Å²) in [5.74, 6) is -0.0941. The highest BCUT2D eigenvalue weighted by molar-refractivity contribution is 5.96. The summed E-state index contributed by atoms with van der Waals surface area (Å²) in [6.45, 7) is 1.87. The second kappa shape index (κ2) is 7.11. The molecule has 0 fully saturated rings. The maximum Gasteiger partial charge on any atom is 0.227 e. The molecule has 2 aromatic rings. The third kappa shape index (κ3) is 3.47. The number of amides is 1. The Bertz CT molecular complexity index is 745. The van der Waals surface area contributed by atoms with E-state index in [1.807, 2.05) is 37.3 Å². The van der Waals surface area contributed by atoms with Crippen molar-refractivity contribution in [3.05, 3.63) is 47.8 Å². The molecule has 1 aromatic heterocycles. The smallest absolute Gasteiger partial charge is 0.227 e. The highest BCUT2D eigenvalue weighted by Crippen LogP contribution is 2.32. The first kappa shape index (κ1) is 16.6. The molecule has 0 saturated carbocycles. The largest absolute Gasteiger partial charge is 0.392 e. The minimum absolute atomic E-state index is 0.00485. The Labute approximate surface area is 141 Å². The summed E-state index contributed by atoms with van der Waals surface area (Å²) in [4.78, 5) is 16.9. The Hall–Kier alpha value is -2.24. The summed E-state index contributed by atoms with van der Waals surface area (Å²) in [6, 6.07) is 9.38. The number of carbonyl (C=O) groups is 1. The van der Waals surface area contributed by atoms with Crippen LogP contribution < -0.4 is 11.1 Å². The minimum Gasteiger partial charge on any atom is -0.392 e. The molecule has 0 saturated heterocycles. The minimum atomic E-state index is -0.125. The van der Waals surface area contributed by atoms with Crippen LogP contribution in [-0.4, -0.2) is 16.0 Å². The third-order valence-corrected chi connectivity index (χ3v) is 4.60. The van der Waals surface area contributed by atoms with Gasteiger partial charge in [-0.3, -0.25) is 9.78 Å². The van der Waals surface area contributed by atoms with Crippen molar-refractivity contribution in [3.63, 3.8) is 0 Å². The van der Waals surface area contributed by atoms with Crippen molar-refractivity contribution < 1.29 is 9.90 Å². The molecule has 5 heteroatoms. The van der Waals surface area contributed by atoms with Gasteiger partial charge in [0, 0.05) is 29.4 Å². The Morgan fingerprint density at radius 3 is 2.92 bits per heavy atom. The molecule has 2 bridgehead atoms. The highest BCUT2D eigenvalue weighted by Gasteiger charge is 2.18. The number of carbonyl (C=O) groups excluding carboxylic acids is 1. The normalized spacial score (nSPS) is 21.2. The van der Waals surface area contributed by atoms with Crippen LogP contribution in [0.5, 0.6) is 0 Å². The molecule has 0 unspecified atom stereocenters. The molecule has 0 spiro atoms. The number of anilines is 1. The van der Waals surface area contributed by atoms with Gasteiger partial charge in [-0.05, 0) is 42.2 Å². The first-order valence-electron chi connectivity index (χ1n) is 8.35. The number of nitrogens with one attached hydrogen (secondary N) is 1. The zero-order chi connectivity index (χ0) is 17.1. The predicted octanol–water partition coefficient (Wildman–Crippen LogP) is 3.00. The van der Waals surface area contributed by atoms with Crippen molar-refractivity contribution in [3.8, 4) is 11.1 Å². The summed E-state index contributed by atoms with van der Waals surface area (Å²) >= 11 is 0. The van der Waals surface area contributed by atoms with Crippen LogP contribution in [0.2, 0.25) is 0 Å². The zero-order valence-electron chi connectivity index (χ0n) is 13.8. The number of nitrogens with two attached hydrogens (primary N) is 1. The van der Waals surface area contributed by atoms with Gasteiger partial charge < -0.3 is 16.2 Å². The fourth-order valence-corrected chi connectivity index (χ4v) is 3.04. The van der Waals surface area contributed by atoms with Crippen molar-refractivity contribution in [1.29, 1.82) is 0 Å².